The second kappa shape index (κ2) is 8.88. The van der Waals surface area contributed by atoms with Gasteiger partial charge >= 0.3 is 0 Å². The van der Waals surface area contributed by atoms with Crippen LogP contribution in [0.3, 0.4) is 0 Å². The number of methoxy groups -OCH3 is 2. The van der Waals surface area contributed by atoms with Crippen LogP contribution in [0.2, 0.25) is 0 Å². The molecular weight excluding hydrogens is 363 g/mol. The second-order valence-corrected chi connectivity index (χ2v) is 6.70. The van der Waals surface area contributed by atoms with Gasteiger partial charge < -0.3 is 9.47 Å². The molecule has 0 N–H and O–H groups in total. The van der Waals surface area contributed by atoms with Gasteiger partial charge in [0.25, 0.3) is 0 Å². The Hall–Kier alpha value is -0.290. The van der Waals surface area contributed by atoms with Gasteiger partial charge in [-0.05, 0) is 83.9 Å². The standard InChI is InChI=1S/C17H27IO2/c1-5-17(6-2,13-19-3)11-7-8-14-12-15(18)9-10-16(14)20-4/h9-10,12H,5-8,11,13H2,1-4H3. The lowest BCUT2D eigenvalue weighted by molar-refractivity contribution is 0.0637. The van der Waals surface area contributed by atoms with Gasteiger partial charge in [-0.25, -0.2) is 0 Å². The molecule has 0 aliphatic carbocycles. The summed E-state index contributed by atoms with van der Waals surface area (Å²) in [5, 5.41) is 0. The van der Waals surface area contributed by atoms with E-state index in [-0.39, 0.29) is 0 Å². The topological polar surface area (TPSA) is 18.5 Å². The Bertz CT molecular complexity index is 400. The van der Waals surface area contributed by atoms with Crippen LogP contribution in [-0.4, -0.2) is 20.8 Å². The zero-order chi connectivity index (χ0) is 15.0. The average Bonchev–Trinajstić information content (AvgIpc) is 2.46. The van der Waals surface area contributed by atoms with Crippen molar-refractivity contribution in [3.05, 3.63) is 27.3 Å². The highest BCUT2D eigenvalue weighted by atomic mass is 127. The highest BCUT2D eigenvalue weighted by Gasteiger charge is 2.25. The number of hydrogen-bond donors (Lipinski definition) is 0. The van der Waals surface area contributed by atoms with Gasteiger partial charge in [0.1, 0.15) is 5.75 Å². The Morgan fingerprint density at radius 3 is 2.40 bits per heavy atom. The molecule has 20 heavy (non-hydrogen) atoms. The van der Waals surface area contributed by atoms with Crippen molar-refractivity contribution in [1.82, 2.24) is 0 Å². The highest BCUT2D eigenvalue weighted by Crippen LogP contribution is 2.33. The molecule has 0 spiro atoms. The third kappa shape index (κ3) is 4.92. The third-order valence-electron chi connectivity index (χ3n) is 4.35. The molecule has 0 aromatic heterocycles. The number of ether oxygens (including phenoxy) is 2. The second-order valence-electron chi connectivity index (χ2n) is 5.45. The minimum atomic E-state index is 0.337. The summed E-state index contributed by atoms with van der Waals surface area (Å²) in [6.07, 6.45) is 5.83. The van der Waals surface area contributed by atoms with E-state index in [1.807, 2.05) is 7.11 Å². The van der Waals surface area contributed by atoms with Gasteiger partial charge in [0.05, 0.1) is 13.7 Å². The molecule has 2 nitrogen and oxygen atoms in total. The van der Waals surface area contributed by atoms with E-state index in [9.17, 15) is 0 Å². The maximum Gasteiger partial charge on any atom is 0.122 e. The molecule has 0 unspecified atom stereocenters. The summed E-state index contributed by atoms with van der Waals surface area (Å²) in [6.45, 7) is 5.41. The molecule has 0 saturated carbocycles. The molecule has 0 fully saturated rings. The van der Waals surface area contributed by atoms with Crippen molar-refractivity contribution >= 4 is 22.6 Å². The van der Waals surface area contributed by atoms with Crippen molar-refractivity contribution in [2.24, 2.45) is 5.41 Å². The van der Waals surface area contributed by atoms with Crippen LogP contribution in [-0.2, 0) is 11.2 Å². The molecule has 1 aromatic rings. The van der Waals surface area contributed by atoms with Gasteiger partial charge in [-0.2, -0.15) is 0 Å². The van der Waals surface area contributed by atoms with Crippen LogP contribution < -0.4 is 4.74 Å². The predicted octanol–water partition coefficient (Wildman–Crippen LogP) is 5.08. The van der Waals surface area contributed by atoms with Crippen molar-refractivity contribution in [1.29, 1.82) is 0 Å². The maximum atomic E-state index is 5.46. The van der Waals surface area contributed by atoms with Crippen LogP contribution in [0.1, 0.15) is 45.1 Å². The molecule has 0 amide bonds. The van der Waals surface area contributed by atoms with E-state index < -0.39 is 0 Å². The number of benzene rings is 1. The minimum Gasteiger partial charge on any atom is -0.496 e. The van der Waals surface area contributed by atoms with E-state index in [0.717, 1.165) is 18.8 Å². The summed E-state index contributed by atoms with van der Waals surface area (Å²) in [6, 6.07) is 6.39. The van der Waals surface area contributed by atoms with Crippen LogP contribution in [0.25, 0.3) is 0 Å². The normalized spacial score (nSPS) is 11.7. The maximum absolute atomic E-state index is 5.46. The first-order valence-electron chi connectivity index (χ1n) is 7.42. The Balaban J connectivity index is 2.65. The van der Waals surface area contributed by atoms with Gasteiger partial charge in [-0.15, -0.1) is 0 Å². The SMILES string of the molecule is CCC(CC)(CCCc1cc(I)ccc1OC)COC. The Morgan fingerprint density at radius 1 is 1.15 bits per heavy atom. The first kappa shape index (κ1) is 17.8. The van der Waals surface area contributed by atoms with Crippen LogP contribution in [0.15, 0.2) is 18.2 Å². The Labute approximate surface area is 137 Å². The molecule has 0 bridgehead atoms. The fourth-order valence-electron chi connectivity index (χ4n) is 2.78. The lowest BCUT2D eigenvalue weighted by Crippen LogP contribution is -2.25. The largest absolute Gasteiger partial charge is 0.496 e. The summed E-state index contributed by atoms with van der Waals surface area (Å²) in [4.78, 5) is 0. The summed E-state index contributed by atoms with van der Waals surface area (Å²) in [5.41, 5.74) is 1.65. The average molecular weight is 390 g/mol. The highest BCUT2D eigenvalue weighted by molar-refractivity contribution is 14.1. The minimum absolute atomic E-state index is 0.337. The van der Waals surface area contributed by atoms with Crippen molar-refractivity contribution < 1.29 is 9.47 Å². The van der Waals surface area contributed by atoms with Crippen LogP contribution in [0, 0.1) is 8.99 Å². The molecule has 1 aromatic carbocycles. The van der Waals surface area contributed by atoms with E-state index in [2.05, 4.69) is 54.6 Å². The molecule has 0 heterocycles. The lowest BCUT2D eigenvalue weighted by Gasteiger charge is -2.31. The van der Waals surface area contributed by atoms with E-state index in [0.29, 0.717) is 5.41 Å². The summed E-state index contributed by atoms with van der Waals surface area (Å²) >= 11 is 2.36. The molecular formula is C17H27IO2. The Kier molecular flexibility index (Phi) is 7.88. The van der Waals surface area contributed by atoms with Crippen molar-refractivity contribution in [2.45, 2.75) is 46.0 Å². The number of aryl methyl sites for hydroxylation is 1. The van der Waals surface area contributed by atoms with Gasteiger partial charge in [0, 0.05) is 10.7 Å². The lowest BCUT2D eigenvalue weighted by atomic mass is 9.78. The number of halogens is 1. The van der Waals surface area contributed by atoms with Gasteiger partial charge in [-0.1, -0.05) is 13.8 Å². The molecule has 3 heteroatoms. The molecule has 0 radical (unpaired) electrons. The first-order valence-corrected chi connectivity index (χ1v) is 8.50. The molecule has 114 valence electrons. The zero-order valence-electron chi connectivity index (χ0n) is 13.2. The van der Waals surface area contributed by atoms with E-state index in [1.165, 1.54) is 34.8 Å². The zero-order valence-corrected chi connectivity index (χ0v) is 15.3. The Morgan fingerprint density at radius 2 is 1.85 bits per heavy atom. The van der Waals surface area contributed by atoms with Crippen LogP contribution in [0.4, 0.5) is 0 Å². The molecule has 0 atom stereocenters. The summed E-state index contributed by atoms with van der Waals surface area (Å²) < 4.78 is 12.2. The van der Waals surface area contributed by atoms with Crippen LogP contribution >= 0.6 is 22.6 Å². The molecule has 0 aliphatic rings. The predicted molar refractivity (Wildman–Crippen MR) is 93.5 cm³/mol. The summed E-state index contributed by atoms with van der Waals surface area (Å²) in [5.74, 6) is 1.01. The van der Waals surface area contributed by atoms with Crippen molar-refractivity contribution in [3.63, 3.8) is 0 Å². The monoisotopic (exact) mass is 390 g/mol. The quantitative estimate of drug-likeness (QED) is 0.548. The van der Waals surface area contributed by atoms with E-state index in [4.69, 9.17) is 9.47 Å². The van der Waals surface area contributed by atoms with Crippen molar-refractivity contribution in [2.75, 3.05) is 20.8 Å². The molecule has 1 rings (SSSR count). The van der Waals surface area contributed by atoms with Gasteiger partial charge in [0.15, 0.2) is 0 Å². The fourth-order valence-corrected chi connectivity index (χ4v) is 3.34. The summed E-state index contributed by atoms with van der Waals surface area (Å²) in [7, 11) is 3.56. The fraction of sp³-hybridized carbons (Fsp3) is 0.647. The van der Waals surface area contributed by atoms with Gasteiger partial charge in [0.2, 0.25) is 0 Å². The van der Waals surface area contributed by atoms with E-state index >= 15 is 0 Å². The molecule has 0 saturated heterocycles. The number of rotatable bonds is 9. The van der Waals surface area contributed by atoms with Crippen LogP contribution in [0.5, 0.6) is 5.75 Å². The third-order valence-corrected chi connectivity index (χ3v) is 5.02. The van der Waals surface area contributed by atoms with Crippen molar-refractivity contribution in [3.8, 4) is 5.75 Å². The smallest absolute Gasteiger partial charge is 0.122 e. The first-order chi connectivity index (χ1) is 9.60. The number of hydrogen-bond acceptors (Lipinski definition) is 2. The van der Waals surface area contributed by atoms with E-state index in [1.54, 1.807) is 7.11 Å². The van der Waals surface area contributed by atoms with Gasteiger partial charge in [-0.3, -0.25) is 0 Å². The molecule has 0 aliphatic heterocycles.